The first-order chi connectivity index (χ1) is 12.5. The first-order valence-electron chi connectivity index (χ1n) is 8.27. The van der Waals surface area contributed by atoms with Gasteiger partial charge >= 0.3 is 0 Å². The average Bonchev–Trinajstić information content (AvgIpc) is 3.01. The molecular formula is C19H20N4O2S. The Hall–Kier alpha value is -2.80. The van der Waals surface area contributed by atoms with Gasteiger partial charge in [0.1, 0.15) is 11.6 Å². The van der Waals surface area contributed by atoms with Gasteiger partial charge in [0, 0.05) is 16.6 Å². The van der Waals surface area contributed by atoms with Crippen molar-refractivity contribution in [3.05, 3.63) is 52.4 Å². The molecule has 0 atom stereocenters. The monoisotopic (exact) mass is 368 g/mol. The molecule has 2 aromatic heterocycles. The second-order valence-electron chi connectivity index (χ2n) is 5.74. The number of hydrogen-bond donors (Lipinski definition) is 1. The number of anilines is 1. The summed E-state index contributed by atoms with van der Waals surface area (Å²) in [7, 11) is 1.64. The number of nitrogens with zero attached hydrogens (tertiary/aromatic N) is 3. The topological polar surface area (TPSA) is 77.0 Å². The molecule has 2 heterocycles. The summed E-state index contributed by atoms with van der Waals surface area (Å²) in [4.78, 5) is 26.7. The number of benzene rings is 1. The highest BCUT2D eigenvalue weighted by molar-refractivity contribution is 7.16. The highest BCUT2D eigenvalue weighted by Gasteiger charge is 2.16. The van der Waals surface area contributed by atoms with Gasteiger partial charge in [-0.2, -0.15) is 0 Å². The Kier molecular flexibility index (Phi) is 5.27. The van der Waals surface area contributed by atoms with E-state index in [1.54, 1.807) is 13.3 Å². The smallest absolute Gasteiger partial charge is 0.260 e. The van der Waals surface area contributed by atoms with E-state index in [-0.39, 0.29) is 5.91 Å². The van der Waals surface area contributed by atoms with Gasteiger partial charge in [0.15, 0.2) is 5.13 Å². The Morgan fingerprint density at radius 3 is 2.58 bits per heavy atom. The van der Waals surface area contributed by atoms with E-state index in [1.807, 2.05) is 45.0 Å². The van der Waals surface area contributed by atoms with Crippen LogP contribution >= 0.6 is 11.3 Å². The maximum Gasteiger partial charge on any atom is 0.260 e. The van der Waals surface area contributed by atoms with Crippen molar-refractivity contribution in [1.82, 2.24) is 15.0 Å². The molecule has 3 aromatic rings. The predicted octanol–water partition coefficient (Wildman–Crippen LogP) is 4.04. The number of ether oxygens (including phenoxy) is 1. The second-order valence-corrected chi connectivity index (χ2v) is 6.94. The summed E-state index contributed by atoms with van der Waals surface area (Å²) in [5.41, 5.74) is 3.05. The van der Waals surface area contributed by atoms with E-state index in [2.05, 4.69) is 20.3 Å². The maximum absolute atomic E-state index is 12.6. The number of hydrogen-bond acceptors (Lipinski definition) is 6. The van der Waals surface area contributed by atoms with E-state index in [4.69, 9.17) is 4.74 Å². The van der Waals surface area contributed by atoms with Crippen molar-refractivity contribution >= 4 is 22.4 Å². The minimum Gasteiger partial charge on any atom is -0.497 e. The molecule has 0 spiro atoms. The highest BCUT2D eigenvalue weighted by atomic mass is 32.1. The molecule has 7 heteroatoms. The molecule has 0 aliphatic rings. The van der Waals surface area contributed by atoms with Crippen molar-refractivity contribution in [3.63, 3.8) is 0 Å². The molecule has 0 aliphatic heterocycles. The molecule has 0 unspecified atom stereocenters. The van der Waals surface area contributed by atoms with E-state index in [1.165, 1.54) is 11.3 Å². The van der Waals surface area contributed by atoms with Crippen LogP contribution < -0.4 is 10.1 Å². The number of carbonyl (C=O) groups is 1. The van der Waals surface area contributed by atoms with Gasteiger partial charge < -0.3 is 4.74 Å². The molecule has 134 valence electrons. The lowest BCUT2D eigenvalue weighted by Crippen LogP contribution is -2.16. The average molecular weight is 368 g/mol. The molecule has 1 aromatic carbocycles. The lowest BCUT2D eigenvalue weighted by atomic mass is 10.1. The lowest BCUT2D eigenvalue weighted by molar-refractivity contribution is 0.102. The first-order valence-corrected chi connectivity index (χ1v) is 9.09. The summed E-state index contributed by atoms with van der Waals surface area (Å²) in [5, 5.41) is 3.43. The fourth-order valence-electron chi connectivity index (χ4n) is 2.61. The van der Waals surface area contributed by atoms with Crippen LogP contribution in [0.1, 0.15) is 33.7 Å². The van der Waals surface area contributed by atoms with Crippen LogP contribution in [-0.2, 0) is 6.42 Å². The van der Waals surface area contributed by atoms with Gasteiger partial charge in [-0.3, -0.25) is 10.1 Å². The number of aromatic nitrogens is 3. The Morgan fingerprint density at radius 2 is 1.92 bits per heavy atom. The van der Waals surface area contributed by atoms with E-state index < -0.39 is 0 Å². The van der Waals surface area contributed by atoms with Gasteiger partial charge in [-0.25, -0.2) is 15.0 Å². The summed E-state index contributed by atoms with van der Waals surface area (Å²) < 4.78 is 5.19. The van der Waals surface area contributed by atoms with Crippen molar-refractivity contribution in [3.8, 4) is 17.0 Å². The van der Waals surface area contributed by atoms with Gasteiger partial charge in [0.05, 0.1) is 24.1 Å². The molecule has 3 rings (SSSR count). The normalized spacial score (nSPS) is 10.6. The fourth-order valence-corrected chi connectivity index (χ4v) is 3.44. The van der Waals surface area contributed by atoms with Crippen molar-refractivity contribution in [2.24, 2.45) is 0 Å². The van der Waals surface area contributed by atoms with E-state index in [0.29, 0.717) is 22.9 Å². The van der Waals surface area contributed by atoms with Crippen molar-refractivity contribution in [2.45, 2.75) is 27.2 Å². The second kappa shape index (κ2) is 7.61. The molecule has 1 amide bonds. The zero-order chi connectivity index (χ0) is 18.7. The van der Waals surface area contributed by atoms with Crippen LogP contribution in [0.2, 0.25) is 0 Å². The number of carbonyl (C=O) groups excluding carboxylic acids is 1. The van der Waals surface area contributed by atoms with Crippen molar-refractivity contribution in [2.75, 3.05) is 12.4 Å². The van der Waals surface area contributed by atoms with Crippen molar-refractivity contribution in [1.29, 1.82) is 0 Å². The number of amides is 1. The minimum atomic E-state index is -0.239. The van der Waals surface area contributed by atoms with Gasteiger partial charge in [0.25, 0.3) is 5.91 Å². The van der Waals surface area contributed by atoms with Crippen LogP contribution in [-0.4, -0.2) is 28.0 Å². The fraction of sp³-hybridized carbons (Fsp3) is 0.263. The van der Waals surface area contributed by atoms with Gasteiger partial charge in [-0.1, -0.05) is 6.92 Å². The van der Waals surface area contributed by atoms with Crippen LogP contribution in [0, 0.1) is 13.8 Å². The summed E-state index contributed by atoms with van der Waals surface area (Å²) in [5.74, 6) is 1.21. The van der Waals surface area contributed by atoms with Gasteiger partial charge in [0.2, 0.25) is 0 Å². The summed E-state index contributed by atoms with van der Waals surface area (Å²) >= 11 is 1.44. The van der Waals surface area contributed by atoms with E-state index >= 15 is 0 Å². The Morgan fingerprint density at radius 1 is 1.19 bits per heavy atom. The predicted molar refractivity (Wildman–Crippen MR) is 103 cm³/mol. The molecule has 26 heavy (non-hydrogen) atoms. The number of aryl methyl sites for hydroxylation is 3. The lowest BCUT2D eigenvalue weighted by Gasteiger charge is -2.06. The standard InChI is InChI=1S/C19H20N4O2S/c1-5-16-15(10-20-12(3)21-16)18(24)23-19-22-17(11(2)26-19)13-6-8-14(25-4)9-7-13/h6-10H,5H2,1-4H3,(H,22,23,24). The Bertz CT molecular complexity index is 935. The Balaban J connectivity index is 1.84. The number of nitrogens with one attached hydrogen (secondary N) is 1. The maximum atomic E-state index is 12.6. The Labute approximate surface area is 156 Å². The van der Waals surface area contributed by atoms with Crippen molar-refractivity contribution < 1.29 is 9.53 Å². The third kappa shape index (κ3) is 3.72. The molecule has 0 radical (unpaired) electrons. The number of thiazole rings is 1. The van der Waals surface area contributed by atoms with Crippen LogP contribution in [0.5, 0.6) is 5.75 Å². The third-order valence-corrected chi connectivity index (χ3v) is 4.83. The SMILES string of the molecule is CCc1nc(C)ncc1C(=O)Nc1nc(-c2ccc(OC)cc2)c(C)s1. The molecule has 0 saturated carbocycles. The van der Waals surface area contributed by atoms with Gasteiger partial charge in [-0.05, 0) is 44.5 Å². The minimum absolute atomic E-state index is 0.239. The molecule has 0 bridgehead atoms. The zero-order valence-electron chi connectivity index (χ0n) is 15.2. The van der Waals surface area contributed by atoms with Crippen LogP contribution in [0.3, 0.4) is 0 Å². The van der Waals surface area contributed by atoms with Crippen LogP contribution in [0.4, 0.5) is 5.13 Å². The molecule has 0 saturated heterocycles. The van der Waals surface area contributed by atoms with Crippen LogP contribution in [0.25, 0.3) is 11.3 Å². The molecule has 0 aliphatic carbocycles. The van der Waals surface area contributed by atoms with Crippen LogP contribution in [0.15, 0.2) is 30.5 Å². The number of rotatable bonds is 5. The van der Waals surface area contributed by atoms with E-state index in [9.17, 15) is 4.79 Å². The van der Waals surface area contributed by atoms with E-state index in [0.717, 1.165) is 27.6 Å². The zero-order valence-corrected chi connectivity index (χ0v) is 16.0. The summed E-state index contributed by atoms with van der Waals surface area (Å²) in [6.45, 7) is 5.76. The highest BCUT2D eigenvalue weighted by Crippen LogP contribution is 2.31. The first kappa shape index (κ1) is 18.0. The molecule has 1 N–H and O–H groups in total. The summed E-state index contributed by atoms with van der Waals surface area (Å²) in [6, 6.07) is 7.69. The number of methoxy groups -OCH3 is 1. The molecular weight excluding hydrogens is 348 g/mol. The molecule has 0 fully saturated rings. The quantitative estimate of drug-likeness (QED) is 0.735. The molecule has 6 nitrogen and oxygen atoms in total. The third-order valence-electron chi connectivity index (χ3n) is 3.95. The summed E-state index contributed by atoms with van der Waals surface area (Å²) in [6.07, 6.45) is 2.24. The van der Waals surface area contributed by atoms with Gasteiger partial charge in [-0.15, -0.1) is 11.3 Å². The largest absolute Gasteiger partial charge is 0.497 e.